The van der Waals surface area contributed by atoms with Gasteiger partial charge in [0.1, 0.15) is 23.6 Å². The van der Waals surface area contributed by atoms with Crippen LogP contribution < -0.4 is 9.80 Å². The third-order valence-electron chi connectivity index (χ3n) is 3.30. The highest BCUT2D eigenvalue weighted by Gasteiger charge is 2.33. The number of rotatable bonds is 0. The van der Waals surface area contributed by atoms with Gasteiger partial charge in [-0.1, -0.05) is 0 Å². The highest BCUT2D eigenvalue weighted by molar-refractivity contribution is 5.75. The second-order valence-corrected chi connectivity index (χ2v) is 4.26. The van der Waals surface area contributed by atoms with Gasteiger partial charge in [0, 0.05) is 24.3 Å². The van der Waals surface area contributed by atoms with Gasteiger partial charge in [0.05, 0.1) is 6.54 Å². The van der Waals surface area contributed by atoms with Crippen molar-refractivity contribution in [2.75, 3.05) is 13.1 Å². The standard InChI is InChI=1S/C12H15N3/c1-14-7-5-9-11(8-14)15(2)10-4-3-6-13-12(9)10/h3-4,6,14-15H,1-2,5,7-8H2. The van der Waals surface area contributed by atoms with Gasteiger partial charge in [0.25, 0.3) is 0 Å². The van der Waals surface area contributed by atoms with Crippen molar-refractivity contribution < 1.29 is 9.80 Å². The summed E-state index contributed by atoms with van der Waals surface area (Å²) in [7, 11) is 8.25. The molecule has 0 bridgehead atoms. The molecule has 0 fully saturated rings. The van der Waals surface area contributed by atoms with Crippen molar-refractivity contribution in [3.05, 3.63) is 43.8 Å². The maximum absolute atomic E-state index is 4.47. The van der Waals surface area contributed by atoms with E-state index in [0.717, 1.165) is 30.1 Å². The van der Waals surface area contributed by atoms with Gasteiger partial charge < -0.3 is 9.80 Å². The summed E-state index contributed by atoms with van der Waals surface area (Å²) in [5.74, 6) is 0. The van der Waals surface area contributed by atoms with E-state index in [0.29, 0.717) is 0 Å². The summed E-state index contributed by atoms with van der Waals surface area (Å²) in [5, 5.41) is 0. The molecule has 3 heterocycles. The summed E-state index contributed by atoms with van der Waals surface area (Å²) in [6.45, 7) is 2.09. The maximum Gasteiger partial charge on any atom is 0.145 e. The molecule has 2 aliphatic rings. The minimum atomic E-state index is 0.991. The molecular weight excluding hydrogens is 186 g/mol. The number of pyridine rings is 1. The Morgan fingerprint density at radius 1 is 1.33 bits per heavy atom. The normalized spacial score (nSPS) is 28.9. The zero-order chi connectivity index (χ0) is 10.4. The van der Waals surface area contributed by atoms with Crippen LogP contribution in [0, 0.1) is 14.1 Å². The summed E-state index contributed by atoms with van der Waals surface area (Å²) >= 11 is 0. The number of nitrogens with one attached hydrogen (secondary N) is 2. The molecule has 0 radical (unpaired) electrons. The van der Waals surface area contributed by atoms with E-state index in [1.54, 1.807) is 0 Å². The molecule has 0 saturated carbocycles. The first-order chi connectivity index (χ1) is 7.27. The van der Waals surface area contributed by atoms with Crippen molar-refractivity contribution in [2.24, 2.45) is 0 Å². The Morgan fingerprint density at radius 3 is 3.07 bits per heavy atom. The van der Waals surface area contributed by atoms with Gasteiger partial charge >= 0.3 is 0 Å². The van der Waals surface area contributed by atoms with Crippen LogP contribution in [0.3, 0.4) is 0 Å². The Balaban J connectivity index is 2.11. The first kappa shape index (κ1) is 9.07. The van der Waals surface area contributed by atoms with E-state index in [4.69, 9.17) is 0 Å². The lowest BCUT2D eigenvalue weighted by molar-refractivity contribution is -0.872. The molecule has 1 aromatic heterocycles. The van der Waals surface area contributed by atoms with Crippen LogP contribution in [0.4, 0.5) is 5.69 Å². The largest absolute Gasteiger partial charge is 0.459 e. The van der Waals surface area contributed by atoms with Crippen molar-refractivity contribution >= 4 is 11.3 Å². The van der Waals surface area contributed by atoms with Crippen molar-refractivity contribution in [3.63, 3.8) is 0 Å². The number of nitrogens with zero attached hydrogens (tertiary/aromatic N) is 1. The molecule has 3 rings (SSSR count). The summed E-state index contributed by atoms with van der Waals surface area (Å²) in [6.07, 6.45) is 2.95. The maximum atomic E-state index is 4.47. The fraction of sp³-hybridized carbons (Fsp3) is 0.250. The molecule has 0 spiro atoms. The topological polar surface area (TPSA) is 21.8 Å². The molecular formula is C12H15N3. The molecule has 0 aromatic carbocycles. The van der Waals surface area contributed by atoms with Crippen molar-refractivity contribution in [2.45, 2.75) is 6.42 Å². The lowest BCUT2D eigenvalue weighted by Gasteiger charge is -2.28. The van der Waals surface area contributed by atoms with Crippen LogP contribution in [-0.2, 0) is 0 Å². The Hall–Kier alpha value is -1.19. The van der Waals surface area contributed by atoms with Gasteiger partial charge in [-0.25, -0.2) is 0 Å². The van der Waals surface area contributed by atoms with Crippen LogP contribution in [0.15, 0.2) is 24.0 Å². The SMILES string of the molecule is [CH2-][NH+]1CCC2=C(C1)[NH+]([CH2-])c1cccnc12. The Bertz CT molecular complexity index is 436. The van der Waals surface area contributed by atoms with Gasteiger partial charge in [-0.3, -0.25) is 4.98 Å². The lowest BCUT2D eigenvalue weighted by Crippen LogP contribution is -3.13. The van der Waals surface area contributed by atoms with E-state index in [-0.39, 0.29) is 0 Å². The quantitative estimate of drug-likeness (QED) is 0.527. The molecule has 3 nitrogen and oxygen atoms in total. The van der Waals surface area contributed by atoms with Crippen LogP contribution in [0.1, 0.15) is 12.1 Å². The molecule has 0 aliphatic carbocycles. The zero-order valence-electron chi connectivity index (χ0n) is 8.71. The number of hydrogen-bond donors (Lipinski definition) is 2. The van der Waals surface area contributed by atoms with E-state index >= 15 is 0 Å². The van der Waals surface area contributed by atoms with Crippen LogP contribution in [0.5, 0.6) is 0 Å². The Morgan fingerprint density at radius 2 is 2.20 bits per heavy atom. The first-order valence-corrected chi connectivity index (χ1v) is 5.31. The predicted octanol–water partition coefficient (Wildman–Crippen LogP) is -0.806. The van der Waals surface area contributed by atoms with Crippen LogP contribution in [0.2, 0.25) is 0 Å². The van der Waals surface area contributed by atoms with E-state index < -0.39 is 0 Å². The third-order valence-corrected chi connectivity index (χ3v) is 3.30. The highest BCUT2D eigenvalue weighted by Crippen LogP contribution is 2.29. The average molecular weight is 201 g/mol. The smallest absolute Gasteiger partial charge is 0.145 e. The zero-order valence-corrected chi connectivity index (χ0v) is 8.71. The first-order valence-electron chi connectivity index (χ1n) is 5.31. The van der Waals surface area contributed by atoms with E-state index in [1.807, 2.05) is 12.3 Å². The molecule has 2 aliphatic heterocycles. The number of quaternary nitrogens is 2. The molecule has 2 N–H and O–H groups in total. The van der Waals surface area contributed by atoms with Gasteiger partial charge in [0.15, 0.2) is 0 Å². The fourth-order valence-corrected chi connectivity index (χ4v) is 2.50. The summed E-state index contributed by atoms with van der Waals surface area (Å²) < 4.78 is 0. The minimum Gasteiger partial charge on any atom is -0.459 e. The van der Waals surface area contributed by atoms with Gasteiger partial charge in [0.2, 0.25) is 0 Å². The molecule has 0 saturated heterocycles. The molecule has 2 unspecified atom stereocenters. The van der Waals surface area contributed by atoms with Crippen LogP contribution in [0.25, 0.3) is 5.57 Å². The monoisotopic (exact) mass is 201 g/mol. The predicted molar refractivity (Wildman–Crippen MR) is 57.8 cm³/mol. The Kier molecular flexibility index (Phi) is 1.90. The highest BCUT2D eigenvalue weighted by atomic mass is 15.2. The fourth-order valence-electron chi connectivity index (χ4n) is 2.50. The number of aromatic nitrogens is 1. The molecule has 0 amide bonds. The second-order valence-electron chi connectivity index (χ2n) is 4.26. The third kappa shape index (κ3) is 1.24. The molecule has 15 heavy (non-hydrogen) atoms. The van der Waals surface area contributed by atoms with Crippen molar-refractivity contribution in [1.82, 2.24) is 4.98 Å². The molecule has 78 valence electrons. The van der Waals surface area contributed by atoms with Crippen LogP contribution in [-0.4, -0.2) is 18.1 Å². The average Bonchev–Trinajstić information content (AvgIpc) is 2.54. The van der Waals surface area contributed by atoms with Crippen molar-refractivity contribution in [1.29, 1.82) is 0 Å². The van der Waals surface area contributed by atoms with E-state index in [1.165, 1.54) is 21.9 Å². The molecule has 1 aromatic rings. The van der Waals surface area contributed by atoms with E-state index in [2.05, 4.69) is 25.1 Å². The summed E-state index contributed by atoms with van der Waals surface area (Å²) in [5.41, 5.74) is 5.16. The van der Waals surface area contributed by atoms with Gasteiger partial charge in [-0.2, -0.15) is 7.05 Å². The molecule has 2 atom stereocenters. The van der Waals surface area contributed by atoms with Gasteiger partial charge in [-0.05, 0) is 6.07 Å². The van der Waals surface area contributed by atoms with Gasteiger partial charge in [-0.15, -0.1) is 7.05 Å². The molecule has 3 heteroatoms. The Labute approximate surface area is 90.0 Å². The summed E-state index contributed by atoms with van der Waals surface area (Å²) in [4.78, 5) is 6.95. The lowest BCUT2D eigenvalue weighted by atomic mass is 10.0. The number of hydrogen-bond acceptors (Lipinski definition) is 1. The van der Waals surface area contributed by atoms with Crippen LogP contribution >= 0.6 is 0 Å². The van der Waals surface area contributed by atoms with E-state index in [9.17, 15) is 0 Å². The van der Waals surface area contributed by atoms with Crippen molar-refractivity contribution in [3.8, 4) is 0 Å². The summed E-state index contributed by atoms with van der Waals surface area (Å²) in [6, 6.07) is 4.10. The minimum absolute atomic E-state index is 0.991. The second kappa shape index (κ2) is 3.15. The number of fused-ring (bicyclic) bond motifs is 2.